The zero-order valence-corrected chi connectivity index (χ0v) is 20.0. The molecule has 36 heavy (non-hydrogen) atoms. The summed E-state index contributed by atoms with van der Waals surface area (Å²) in [6, 6.07) is 22.3. The molecule has 0 radical (unpaired) electrons. The van der Waals surface area contributed by atoms with Crippen molar-refractivity contribution in [2.45, 2.75) is 19.8 Å². The van der Waals surface area contributed by atoms with Gasteiger partial charge in [-0.2, -0.15) is 0 Å². The number of fused-ring (bicyclic) bond motifs is 5. The molecule has 1 saturated heterocycles. The standard InChI is InChI=1S/C30H25NO5/c1-3-35-20-12-10-19(11-13-20)31-28(32)25-22(18-7-5-4-6-8-18)16-23-21-14-9-17(2)15-24(21)36-30(34)26(23)27(25)29(31)33/h4-16,22,25-27H,3H2,1-2H3/t22-,25+,26-,27+/m1/s1. The molecule has 2 amide bonds. The Kier molecular flexibility index (Phi) is 5.25. The molecule has 3 aliphatic rings. The number of hydrogen-bond acceptors (Lipinski definition) is 5. The smallest absolute Gasteiger partial charge is 0.319 e. The molecule has 2 aliphatic heterocycles. The van der Waals surface area contributed by atoms with Crippen molar-refractivity contribution in [1.29, 1.82) is 0 Å². The first-order chi connectivity index (χ1) is 17.5. The summed E-state index contributed by atoms with van der Waals surface area (Å²) in [6.07, 6.45) is 2.00. The molecular weight excluding hydrogens is 454 g/mol. The number of ether oxygens (including phenoxy) is 2. The van der Waals surface area contributed by atoms with E-state index < -0.39 is 23.7 Å². The Morgan fingerprint density at radius 3 is 2.33 bits per heavy atom. The number of anilines is 1. The molecule has 2 heterocycles. The van der Waals surface area contributed by atoms with Gasteiger partial charge < -0.3 is 9.47 Å². The predicted octanol–water partition coefficient (Wildman–Crippen LogP) is 4.92. The van der Waals surface area contributed by atoms with E-state index in [0.29, 0.717) is 23.8 Å². The monoisotopic (exact) mass is 479 g/mol. The highest BCUT2D eigenvalue weighted by molar-refractivity contribution is 6.24. The van der Waals surface area contributed by atoms with Crippen LogP contribution in [0, 0.1) is 24.7 Å². The molecule has 0 aromatic heterocycles. The third-order valence-corrected chi connectivity index (χ3v) is 7.34. The second kappa shape index (κ2) is 8.48. The second-order valence-electron chi connectivity index (χ2n) is 9.45. The van der Waals surface area contributed by atoms with Crippen LogP contribution in [0.5, 0.6) is 11.5 Å². The number of rotatable bonds is 4. The highest BCUT2D eigenvalue weighted by Crippen LogP contribution is 2.54. The van der Waals surface area contributed by atoms with E-state index in [1.807, 2.05) is 68.5 Å². The number of imide groups is 1. The van der Waals surface area contributed by atoms with Gasteiger partial charge in [0.05, 0.1) is 30.0 Å². The Bertz CT molecular complexity index is 1410. The van der Waals surface area contributed by atoms with Gasteiger partial charge in [-0.3, -0.25) is 14.4 Å². The number of nitrogens with zero attached hydrogens (tertiary/aromatic N) is 1. The lowest BCUT2D eigenvalue weighted by Crippen LogP contribution is -2.42. The van der Waals surface area contributed by atoms with Gasteiger partial charge in [0.2, 0.25) is 11.8 Å². The molecule has 0 bridgehead atoms. The van der Waals surface area contributed by atoms with Gasteiger partial charge in [0.15, 0.2) is 0 Å². The summed E-state index contributed by atoms with van der Waals surface area (Å²) >= 11 is 0. The molecule has 3 aromatic carbocycles. The molecule has 1 fully saturated rings. The van der Waals surface area contributed by atoms with Crippen LogP contribution in [0.4, 0.5) is 5.69 Å². The Morgan fingerprint density at radius 1 is 0.889 bits per heavy atom. The molecule has 180 valence electrons. The summed E-state index contributed by atoms with van der Waals surface area (Å²) in [7, 11) is 0. The van der Waals surface area contributed by atoms with Crippen LogP contribution in [0.15, 0.2) is 78.9 Å². The normalized spacial score (nSPS) is 24.4. The fourth-order valence-corrected chi connectivity index (χ4v) is 5.78. The van der Waals surface area contributed by atoms with Crippen molar-refractivity contribution in [2.24, 2.45) is 17.8 Å². The van der Waals surface area contributed by atoms with Crippen molar-refractivity contribution in [1.82, 2.24) is 0 Å². The maximum absolute atomic E-state index is 13.9. The summed E-state index contributed by atoms with van der Waals surface area (Å²) in [5, 5.41) is 0. The third kappa shape index (κ3) is 3.36. The molecule has 6 nitrogen and oxygen atoms in total. The van der Waals surface area contributed by atoms with E-state index >= 15 is 0 Å². The van der Waals surface area contributed by atoms with Gasteiger partial charge in [0, 0.05) is 11.5 Å². The predicted molar refractivity (Wildman–Crippen MR) is 135 cm³/mol. The van der Waals surface area contributed by atoms with Gasteiger partial charge in [0.1, 0.15) is 11.5 Å². The molecule has 4 atom stereocenters. The van der Waals surface area contributed by atoms with Gasteiger partial charge in [-0.25, -0.2) is 4.90 Å². The van der Waals surface area contributed by atoms with E-state index in [9.17, 15) is 14.4 Å². The van der Waals surface area contributed by atoms with E-state index in [1.165, 1.54) is 4.90 Å². The minimum Gasteiger partial charge on any atom is -0.494 e. The maximum Gasteiger partial charge on any atom is 0.319 e. The van der Waals surface area contributed by atoms with E-state index in [2.05, 4.69) is 0 Å². The summed E-state index contributed by atoms with van der Waals surface area (Å²) in [6.45, 7) is 4.35. The SMILES string of the molecule is CCOc1ccc(N2C(=O)[C@@H]3[C@@H]4C(=O)Oc5cc(C)ccc5C4=C[C@H](c4ccccc4)[C@@H]3C2=O)cc1. The van der Waals surface area contributed by atoms with Gasteiger partial charge in [-0.1, -0.05) is 48.5 Å². The number of amides is 2. The first kappa shape index (κ1) is 22.3. The van der Waals surface area contributed by atoms with E-state index in [4.69, 9.17) is 9.47 Å². The van der Waals surface area contributed by atoms with E-state index in [1.54, 1.807) is 24.3 Å². The van der Waals surface area contributed by atoms with Crippen molar-refractivity contribution < 1.29 is 23.9 Å². The van der Waals surface area contributed by atoms with Gasteiger partial charge >= 0.3 is 5.97 Å². The average molecular weight is 480 g/mol. The molecule has 1 aliphatic carbocycles. The highest BCUT2D eigenvalue weighted by Gasteiger charge is 2.60. The van der Waals surface area contributed by atoms with Crippen LogP contribution in [0.3, 0.4) is 0 Å². The van der Waals surface area contributed by atoms with Crippen LogP contribution >= 0.6 is 0 Å². The van der Waals surface area contributed by atoms with Crippen LogP contribution in [-0.4, -0.2) is 24.4 Å². The van der Waals surface area contributed by atoms with Crippen LogP contribution in [0.1, 0.15) is 29.5 Å². The van der Waals surface area contributed by atoms with Crippen molar-refractivity contribution in [3.63, 3.8) is 0 Å². The first-order valence-electron chi connectivity index (χ1n) is 12.2. The number of carbonyl (C=O) groups excluding carboxylic acids is 3. The Labute approximate surface area is 209 Å². The lowest BCUT2D eigenvalue weighted by molar-refractivity contribution is -0.142. The number of allylic oxidation sites excluding steroid dienone is 1. The summed E-state index contributed by atoms with van der Waals surface area (Å²) in [5.41, 5.74) is 3.93. The second-order valence-corrected chi connectivity index (χ2v) is 9.45. The molecular formula is C30H25NO5. The lowest BCUT2D eigenvalue weighted by atomic mass is 9.64. The number of carbonyl (C=O) groups is 3. The quantitative estimate of drug-likeness (QED) is 0.302. The first-order valence-corrected chi connectivity index (χ1v) is 12.2. The van der Waals surface area contributed by atoms with E-state index in [-0.39, 0.29) is 17.7 Å². The van der Waals surface area contributed by atoms with Gasteiger partial charge in [0.25, 0.3) is 0 Å². The number of aryl methyl sites for hydroxylation is 1. The average Bonchev–Trinajstić information content (AvgIpc) is 3.14. The Hall–Kier alpha value is -4.19. The summed E-state index contributed by atoms with van der Waals surface area (Å²) in [4.78, 5) is 42.4. The molecule has 6 heteroatoms. The largest absolute Gasteiger partial charge is 0.494 e. The summed E-state index contributed by atoms with van der Waals surface area (Å²) in [5.74, 6) is -2.77. The van der Waals surface area contributed by atoms with Crippen LogP contribution in [0.25, 0.3) is 5.57 Å². The van der Waals surface area contributed by atoms with Crippen LogP contribution in [0.2, 0.25) is 0 Å². The van der Waals surface area contributed by atoms with Crippen molar-refractivity contribution in [3.05, 3.63) is 95.6 Å². The van der Waals surface area contributed by atoms with Crippen LogP contribution in [-0.2, 0) is 14.4 Å². The molecule has 6 rings (SSSR count). The van der Waals surface area contributed by atoms with Gasteiger partial charge in [-0.05, 0) is 60.9 Å². The zero-order valence-electron chi connectivity index (χ0n) is 20.0. The fourth-order valence-electron chi connectivity index (χ4n) is 5.78. The van der Waals surface area contributed by atoms with Crippen LogP contribution < -0.4 is 14.4 Å². The third-order valence-electron chi connectivity index (χ3n) is 7.34. The minimum atomic E-state index is -0.851. The molecule has 0 saturated carbocycles. The van der Waals surface area contributed by atoms with Gasteiger partial charge in [-0.15, -0.1) is 0 Å². The molecule has 3 aromatic rings. The zero-order chi connectivity index (χ0) is 25.0. The highest BCUT2D eigenvalue weighted by atomic mass is 16.5. The number of benzene rings is 3. The topological polar surface area (TPSA) is 72.9 Å². The maximum atomic E-state index is 13.9. The Balaban J connectivity index is 1.50. The number of hydrogen-bond donors (Lipinski definition) is 0. The molecule has 0 spiro atoms. The van der Waals surface area contributed by atoms with Crippen molar-refractivity contribution >= 4 is 29.0 Å². The summed E-state index contributed by atoms with van der Waals surface area (Å²) < 4.78 is 11.2. The van der Waals surface area contributed by atoms with Crippen molar-refractivity contribution in [3.8, 4) is 11.5 Å². The number of esters is 1. The lowest BCUT2D eigenvalue weighted by Gasteiger charge is -2.38. The minimum absolute atomic E-state index is 0.305. The molecule has 0 N–H and O–H groups in total. The van der Waals surface area contributed by atoms with E-state index in [0.717, 1.165) is 22.3 Å². The van der Waals surface area contributed by atoms with Crippen molar-refractivity contribution in [2.75, 3.05) is 11.5 Å². The molecule has 0 unspecified atom stereocenters. The fraction of sp³-hybridized carbons (Fsp3) is 0.233. The Morgan fingerprint density at radius 2 is 1.61 bits per heavy atom.